The van der Waals surface area contributed by atoms with Crippen molar-refractivity contribution >= 4 is 16.6 Å². The summed E-state index contributed by atoms with van der Waals surface area (Å²) in [5, 5.41) is 12.2. The van der Waals surface area contributed by atoms with E-state index in [-0.39, 0.29) is 10.6 Å². The molecule has 2 aromatic carbocycles. The quantitative estimate of drug-likeness (QED) is 0.566. The number of non-ortho nitro benzene ring substituents is 1. The van der Waals surface area contributed by atoms with Crippen LogP contribution in [0.4, 0.5) is 5.69 Å². The summed E-state index contributed by atoms with van der Waals surface area (Å²) in [5.74, 6) is 0. The van der Waals surface area contributed by atoms with Crippen LogP contribution in [0.1, 0.15) is 11.1 Å². The number of aromatic nitrogens is 1. The molecular formula is C20H22N4O2. The van der Waals surface area contributed by atoms with Gasteiger partial charge in [0.2, 0.25) is 0 Å². The molecule has 0 atom stereocenters. The number of nitrogens with one attached hydrogen (secondary N) is 1. The lowest BCUT2D eigenvalue weighted by Crippen LogP contribution is -2.45. The number of nitro groups is 1. The zero-order valence-electron chi connectivity index (χ0n) is 14.6. The Morgan fingerprint density at radius 2 is 1.69 bits per heavy atom. The molecule has 3 aromatic rings. The number of para-hydroxylation sites is 1. The van der Waals surface area contributed by atoms with Crippen LogP contribution in [0.25, 0.3) is 10.9 Å². The lowest BCUT2D eigenvalue weighted by atomic mass is 10.1. The van der Waals surface area contributed by atoms with Gasteiger partial charge in [0.15, 0.2) is 0 Å². The number of hydrogen-bond acceptors (Lipinski definition) is 4. The molecule has 1 N–H and O–H groups in total. The van der Waals surface area contributed by atoms with Gasteiger partial charge in [0.1, 0.15) is 0 Å². The Morgan fingerprint density at radius 1 is 0.962 bits per heavy atom. The van der Waals surface area contributed by atoms with Gasteiger partial charge in [-0.3, -0.25) is 19.9 Å². The van der Waals surface area contributed by atoms with Gasteiger partial charge < -0.3 is 4.98 Å². The topological polar surface area (TPSA) is 65.4 Å². The van der Waals surface area contributed by atoms with Crippen molar-refractivity contribution in [3.8, 4) is 0 Å². The normalized spacial score (nSPS) is 16.2. The molecule has 0 spiro atoms. The van der Waals surface area contributed by atoms with Crippen molar-refractivity contribution in [1.29, 1.82) is 0 Å². The first-order valence-electron chi connectivity index (χ1n) is 8.92. The van der Waals surface area contributed by atoms with E-state index in [1.165, 1.54) is 16.5 Å². The van der Waals surface area contributed by atoms with Crippen molar-refractivity contribution in [3.63, 3.8) is 0 Å². The van der Waals surface area contributed by atoms with Gasteiger partial charge in [-0.1, -0.05) is 30.3 Å². The number of nitro benzene ring substituents is 1. The maximum atomic E-state index is 10.9. The van der Waals surface area contributed by atoms with Crippen molar-refractivity contribution in [2.75, 3.05) is 26.2 Å². The molecule has 1 aliphatic rings. The molecular weight excluding hydrogens is 328 g/mol. The number of aromatic amines is 1. The third-order valence-corrected chi connectivity index (χ3v) is 5.06. The molecule has 4 rings (SSSR count). The highest BCUT2D eigenvalue weighted by molar-refractivity contribution is 5.82. The standard InChI is InChI=1S/C20H22N4O2/c25-24(26)18-5-3-4-16(12-18)14-22-8-10-23(11-9-22)15-17-13-21-20-7-2-1-6-19(17)20/h1-7,12-13,21H,8-11,14-15H2. The molecule has 0 saturated carbocycles. The highest BCUT2D eigenvalue weighted by Crippen LogP contribution is 2.20. The Balaban J connectivity index is 1.34. The fourth-order valence-electron chi connectivity index (χ4n) is 3.64. The van der Waals surface area contributed by atoms with Crippen molar-refractivity contribution < 1.29 is 4.92 Å². The Morgan fingerprint density at radius 3 is 2.46 bits per heavy atom. The lowest BCUT2D eigenvalue weighted by molar-refractivity contribution is -0.384. The van der Waals surface area contributed by atoms with E-state index >= 15 is 0 Å². The maximum absolute atomic E-state index is 10.9. The van der Waals surface area contributed by atoms with Crippen LogP contribution in [0.15, 0.2) is 54.7 Å². The second-order valence-electron chi connectivity index (χ2n) is 6.84. The zero-order chi connectivity index (χ0) is 17.9. The molecule has 1 aromatic heterocycles. The van der Waals surface area contributed by atoms with Gasteiger partial charge in [-0.15, -0.1) is 0 Å². The zero-order valence-corrected chi connectivity index (χ0v) is 14.6. The van der Waals surface area contributed by atoms with Crippen molar-refractivity contribution in [2.45, 2.75) is 13.1 Å². The first-order chi connectivity index (χ1) is 12.7. The summed E-state index contributed by atoms with van der Waals surface area (Å²) in [4.78, 5) is 18.8. The van der Waals surface area contributed by atoms with Gasteiger partial charge in [0, 0.05) is 68.5 Å². The molecule has 0 bridgehead atoms. The summed E-state index contributed by atoms with van der Waals surface area (Å²) in [6, 6.07) is 15.4. The molecule has 6 nitrogen and oxygen atoms in total. The third kappa shape index (κ3) is 3.61. The molecule has 0 amide bonds. The third-order valence-electron chi connectivity index (χ3n) is 5.06. The van der Waals surface area contributed by atoms with Crippen LogP contribution in [-0.4, -0.2) is 45.9 Å². The predicted molar refractivity (Wildman–Crippen MR) is 102 cm³/mol. The van der Waals surface area contributed by atoms with E-state index in [2.05, 4.69) is 45.2 Å². The fraction of sp³-hybridized carbons (Fsp3) is 0.300. The number of rotatable bonds is 5. The van der Waals surface area contributed by atoms with Crippen molar-refractivity contribution in [2.24, 2.45) is 0 Å². The Hall–Kier alpha value is -2.70. The SMILES string of the molecule is O=[N+]([O-])c1cccc(CN2CCN(Cc3c[nH]c4ccccc34)CC2)c1. The molecule has 1 aliphatic heterocycles. The summed E-state index contributed by atoms with van der Waals surface area (Å²) in [6.45, 7) is 5.69. The maximum Gasteiger partial charge on any atom is 0.269 e. The first kappa shape index (κ1) is 16.8. The van der Waals surface area contributed by atoms with E-state index in [4.69, 9.17) is 0 Å². The summed E-state index contributed by atoms with van der Waals surface area (Å²) in [6.07, 6.45) is 2.11. The molecule has 6 heteroatoms. The summed E-state index contributed by atoms with van der Waals surface area (Å²) in [5.41, 5.74) is 3.70. The van der Waals surface area contributed by atoms with E-state index in [0.717, 1.165) is 44.8 Å². The average molecular weight is 350 g/mol. The van der Waals surface area contributed by atoms with Gasteiger partial charge in [-0.2, -0.15) is 0 Å². The van der Waals surface area contributed by atoms with Crippen LogP contribution in [0, 0.1) is 10.1 Å². The number of nitrogens with zero attached hydrogens (tertiary/aromatic N) is 3. The second kappa shape index (κ2) is 7.27. The minimum atomic E-state index is -0.331. The van der Waals surface area contributed by atoms with Crippen LogP contribution in [0.5, 0.6) is 0 Å². The van der Waals surface area contributed by atoms with Crippen molar-refractivity contribution in [3.05, 3.63) is 76.0 Å². The summed E-state index contributed by atoms with van der Waals surface area (Å²) < 4.78 is 0. The van der Waals surface area contributed by atoms with Crippen LogP contribution < -0.4 is 0 Å². The summed E-state index contributed by atoms with van der Waals surface area (Å²) in [7, 11) is 0. The largest absolute Gasteiger partial charge is 0.361 e. The van der Waals surface area contributed by atoms with Gasteiger partial charge in [0.25, 0.3) is 5.69 Å². The molecule has 1 fully saturated rings. The van der Waals surface area contributed by atoms with Gasteiger partial charge in [-0.25, -0.2) is 0 Å². The molecule has 26 heavy (non-hydrogen) atoms. The van der Waals surface area contributed by atoms with Crippen LogP contribution in [-0.2, 0) is 13.1 Å². The number of hydrogen-bond donors (Lipinski definition) is 1. The van der Waals surface area contributed by atoms with Crippen molar-refractivity contribution in [1.82, 2.24) is 14.8 Å². The minimum absolute atomic E-state index is 0.167. The first-order valence-corrected chi connectivity index (χ1v) is 8.92. The average Bonchev–Trinajstić information content (AvgIpc) is 3.07. The smallest absolute Gasteiger partial charge is 0.269 e. The van der Waals surface area contributed by atoms with Crippen LogP contribution >= 0.6 is 0 Å². The fourth-order valence-corrected chi connectivity index (χ4v) is 3.64. The van der Waals surface area contributed by atoms with E-state index < -0.39 is 0 Å². The molecule has 134 valence electrons. The van der Waals surface area contributed by atoms with Gasteiger partial charge in [0.05, 0.1) is 4.92 Å². The van der Waals surface area contributed by atoms with E-state index in [1.807, 2.05) is 6.07 Å². The molecule has 2 heterocycles. The number of fused-ring (bicyclic) bond motifs is 1. The van der Waals surface area contributed by atoms with E-state index in [0.29, 0.717) is 0 Å². The van der Waals surface area contributed by atoms with E-state index in [9.17, 15) is 10.1 Å². The highest BCUT2D eigenvalue weighted by atomic mass is 16.6. The van der Waals surface area contributed by atoms with Gasteiger partial charge in [-0.05, 0) is 17.2 Å². The number of piperazine rings is 1. The number of benzene rings is 2. The molecule has 1 saturated heterocycles. The molecule has 0 unspecified atom stereocenters. The lowest BCUT2D eigenvalue weighted by Gasteiger charge is -2.34. The Labute approximate surface area is 152 Å². The van der Waals surface area contributed by atoms with Gasteiger partial charge >= 0.3 is 0 Å². The molecule has 0 radical (unpaired) electrons. The van der Waals surface area contributed by atoms with E-state index in [1.54, 1.807) is 18.2 Å². The minimum Gasteiger partial charge on any atom is -0.361 e. The van der Waals surface area contributed by atoms with Crippen LogP contribution in [0.2, 0.25) is 0 Å². The number of H-pyrrole nitrogens is 1. The predicted octanol–water partition coefficient (Wildman–Crippen LogP) is 3.39. The molecule has 0 aliphatic carbocycles. The summed E-state index contributed by atoms with van der Waals surface area (Å²) >= 11 is 0. The monoisotopic (exact) mass is 350 g/mol. The Kier molecular flexibility index (Phi) is 4.69. The highest BCUT2D eigenvalue weighted by Gasteiger charge is 2.18. The van der Waals surface area contributed by atoms with Crippen LogP contribution in [0.3, 0.4) is 0 Å². The Bertz CT molecular complexity index is 913. The second-order valence-corrected chi connectivity index (χ2v) is 6.84.